The monoisotopic (exact) mass is 218 g/mol. The predicted octanol–water partition coefficient (Wildman–Crippen LogP) is 2.22. The topological polar surface area (TPSA) is 15.3 Å². The van der Waals surface area contributed by atoms with Crippen LogP contribution in [0.4, 0.5) is 0 Å². The molecule has 1 N–H and O–H groups in total. The minimum atomic E-state index is 0.0989. The van der Waals surface area contributed by atoms with Gasteiger partial charge in [0.1, 0.15) is 0 Å². The first-order valence-corrected chi connectivity index (χ1v) is 6.16. The van der Waals surface area contributed by atoms with Gasteiger partial charge in [0.05, 0.1) is 5.54 Å². The number of benzene rings is 1. The van der Waals surface area contributed by atoms with Gasteiger partial charge in [-0.3, -0.25) is 4.90 Å². The molecule has 0 aliphatic carbocycles. The Labute approximate surface area is 98.7 Å². The highest BCUT2D eigenvalue weighted by molar-refractivity contribution is 5.25. The third kappa shape index (κ3) is 2.13. The van der Waals surface area contributed by atoms with Crippen LogP contribution < -0.4 is 5.32 Å². The number of nitrogens with zero attached hydrogens (tertiary/aromatic N) is 1. The zero-order valence-electron chi connectivity index (χ0n) is 10.5. The molecule has 2 rings (SSSR count). The Morgan fingerprint density at radius 3 is 2.62 bits per heavy atom. The van der Waals surface area contributed by atoms with Crippen molar-refractivity contribution in [3.05, 3.63) is 35.9 Å². The molecule has 0 amide bonds. The lowest BCUT2D eigenvalue weighted by atomic mass is 9.88. The zero-order valence-corrected chi connectivity index (χ0v) is 10.5. The van der Waals surface area contributed by atoms with Gasteiger partial charge in [-0.2, -0.15) is 0 Å². The molecular weight excluding hydrogens is 196 g/mol. The largest absolute Gasteiger partial charge is 0.305 e. The smallest absolute Gasteiger partial charge is 0.0535 e. The normalized spacial score (nSPS) is 31.6. The van der Waals surface area contributed by atoms with Crippen molar-refractivity contribution < 1.29 is 0 Å². The second-order valence-electron chi connectivity index (χ2n) is 5.06. The van der Waals surface area contributed by atoms with Gasteiger partial charge < -0.3 is 5.32 Å². The molecule has 2 unspecified atom stereocenters. The molecule has 0 aromatic heterocycles. The summed E-state index contributed by atoms with van der Waals surface area (Å²) in [6, 6.07) is 11.4. The molecule has 0 saturated carbocycles. The summed E-state index contributed by atoms with van der Waals surface area (Å²) in [7, 11) is 2.23. The summed E-state index contributed by atoms with van der Waals surface area (Å²) in [5.41, 5.74) is 1.48. The lowest BCUT2D eigenvalue weighted by Gasteiger charge is -2.44. The highest BCUT2D eigenvalue weighted by Crippen LogP contribution is 2.26. The van der Waals surface area contributed by atoms with Gasteiger partial charge in [-0.1, -0.05) is 37.3 Å². The number of hydrogen-bond acceptors (Lipinski definition) is 2. The fourth-order valence-electron chi connectivity index (χ4n) is 2.64. The molecule has 0 radical (unpaired) electrons. The molecule has 16 heavy (non-hydrogen) atoms. The van der Waals surface area contributed by atoms with Gasteiger partial charge >= 0.3 is 0 Å². The van der Waals surface area contributed by atoms with Crippen molar-refractivity contribution in [3.63, 3.8) is 0 Å². The van der Waals surface area contributed by atoms with Gasteiger partial charge in [-0.25, -0.2) is 0 Å². The van der Waals surface area contributed by atoms with Gasteiger partial charge in [-0.05, 0) is 26.0 Å². The van der Waals surface area contributed by atoms with Crippen molar-refractivity contribution in [3.8, 4) is 0 Å². The maximum absolute atomic E-state index is 3.70. The Kier molecular flexibility index (Phi) is 3.31. The van der Waals surface area contributed by atoms with E-state index in [1.54, 1.807) is 0 Å². The summed E-state index contributed by atoms with van der Waals surface area (Å²) in [4.78, 5) is 2.48. The standard InChI is InChI=1S/C14H22N2/c1-4-13-10-15-14(2,11-16(13)3)12-8-6-5-7-9-12/h5-9,13,15H,4,10-11H2,1-3H3. The minimum absolute atomic E-state index is 0.0989. The van der Waals surface area contributed by atoms with E-state index in [2.05, 4.69) is 61.4 Å². The van der Waals surface area contributed by atoms with E-state index in [1.807, 2.05) is 0 Å². The van der Waals surface area contributed by atoms with Crippen LogP contribution in [0.25, 0.3) is 0 Å². The second-order valence-corrected chi connectivity index (χ2v) is 5.06. The number of likely N-dealkylation sites (N-methyl/N-ethyl adjacent to an activating group) is 1. The molecule has 2 nitrogen and oxygen atoms in total. The summed E-state index contributed by atoms with van der Waals surface area (Å²) in [6.45, 7) is 6.71. The molecule has 0 spiro atoms. The first-order valence-electron chi connectivity index (χ1n) is 6.16. The van der Waals surface area contributed by atoms with Crippen molar-refractivity contribution >= 4 is 0 Å². The van der Waals surface area contributed by atoms with Crippen LogP contribution in [0.2, 0.25) is 0 Å². The summed E-state index contributed by atoms with van der Waals surface area (Å²) in [5.74, 6) is 0. The number of hydrogen-bond donors (Lipinski definition) is 1. The molecule has 1 fully saturated rings. The lowest BCUT2D eigenvalue weighted by molar-refractivity contribution is 0.109. The van der Waals surface area contributed by atoms with Crippen molar-refractivity contribution in [2.24, 2.45) is 0 Å². The maximum atomic E-state index is 3.70. The fourth-order valence-corrected chi connectivity index (χ4v) is 2.64. The Balaban J connectivity index is 2.16. The molecule has 2 atom stereocenters. The van der Waals surface area contributed by atoms with E-state index in [1.165, 1.54) is 12.0 Å². The molecule has 1 aromatic carbocycles. The second kappa shape index (κ2) is 4.56. The molecule has 1 aliphatic heterocycles. The lowest BCUT2D eigenvalue weighted by Crippen LogP contribution is -2.59. The van der Waals surface area contributed by atoms with E-state index in [0.717, 1.165) is 13.1 Å². The number of nitrogens with one attached hydrogen (secondary N) is 1. The Hall–Kier alpha value is -0.860. The van der Waals surface area contributed by atoms with Crippen molar-refractivity contribution in [1.82, 2.24) is 10.2 Å². The van der Waals surface area contributed by atoms with Gasteiger partial charge in [0.2, 0.25) is 0 Å². The summed E-state index contributed by atoms with van der Waals surface area (Å²) in [5, 5.41) is 3.70. The highest BCUT2D eigenvalue weighted by atomic mass is 15.2. The van der Waals surface area contributed by atoms with Crippen molar-refractivity contribution in [2.75, 3.05) is 20.1 Å². The fraction of sp³-hybridized carbons (Fsp3) is 0.571. The van der Waals surface area contributed by atoms with Crippen LogP contribution in [0, 0.1) is 0 Å². The van der Waals surface area contributed by atoms with Gasteiger partial charge in [0.25, 0.3) is 0 Å². The van der Waals surface area contributed by atoms with E-state index in [4.69, 9.17) is 0 Å². The van der Waals surface area contributed by atoms with Crippen molar-refractivity contribution in [2.45, 2.75) is 31.8 Å². The average Bonchev–Trinajstić information content (AvgIpc) is 2.30. The number of rotatable bonds is 2. The minimum Gasteiger partial charge on any atom is -0.305 e. The predicted molar refractivity (Wildman–Crippen MR) is 68.5 cm³/mol. The SMILES string of the molecule is CCC1CNC(C)(c2ccccc2)CN1C. The third-order valence-electron chi connectivity index (χ3n) is 3.80. The molecule has 1 heterocycles. The highest BCUT2D eigenvalue weighted by Gasteiger charge is 2.34. The van der Waals surface area contributed by atoms with E-state index < -0.39 is 0 Å². The van der Waals surface area contributed by atoms with Gasteiger partial charge in [-0.15, -0.1) is 0 Å². The van der Waals surface area contributed by atoms with Crippen LogP contribution in [0.3, 0.4) is 0 Å². The van der Waals surface area contributed by atoms with Crippen LogP contribution in [0.1, 0.15) is 25.8 Å². The maximum Gasteiger partial charge on any atom is 0.0535 e. The first-order chi connectivity index (χ1) is 7.65. The molecule has 88 valence electrons. The summed E-state index contributed by atoms with van der Waals surface area (Å²) >= 11 is 0. The van der Waals surface area contributed by atoms with Crippen LogP contribution in [0.5, 0.6) is 0 Å². The van der Waals surface area contributed by atoms with Crippen LogP contribution >= 0.6 is 0 Å². The zero-order chi connectivity index (χ0) is 11.6. The Morgan fingerprint density at radius 1 is 1.38 bits per heavy atom. The average molecular weight is 218 g/mol. The number of piperazine rings is 1. The van der Waals surface area contributed by atoms with E-state index in [0.29, 0.717) is 6.04 Å². The van der Waals surface area contributed by atoms with E-state index in [9.17, 15) is 0 Å². The Morgan fingerprint density at radius 2 is 2.06 bits per heavy atom. The van der Waals surface area contributed by atoms with E-state index in [-0.39, 0.29) is 5.54 Å². The molecule has 2 heteroatoms. The van der Waals surface area contributed by atoms with Crippen LogP contribution in [-0.4, -0.2) is 31.1 Å². The van der Waals surface area contributed by atoms with Crippen LogP contribution in [-0.2, 0) is 5.54 Å². The molecular formula is C14H22N2. The quantitative estimate of drug-likeness (QED) is 0.819. The Bertz CT molecular complexity index is 336. The van der Waals surface area contributed by atoms with Crippen LogP contribution in [0.15, 0.2) is 30.3 Å². The molecule has 1 aliphatic rings. The summed E-state index contributed by atoms with van der Waals surface area (Å²) in [6.07, 6.45) is 1.22. The molecule has 1 aromatic rings. The third-order valence-corrected chi connectivity index (χ3v) is 3.80. The van der Waals surface area contributed by atoms with E-state index >= 15 is 0 Å². The summed E-state index contributed by atoms with van der Waals surface area (Å²) < 4.78 is 0. The molecule has 0 bridgehead atoms. The van der Waals surface area contributed by atoms with Gasteiger partial charge in [0.15, 0.2) is 0 Å². The molecule has 1 saturated heterocycles. The first kappa shape index (κ1) is 11.6. The van der Waals surface area contributed by atoms with Crippen molar-refractivity contribution in [1.29, 1.82) is 0 Å². The van der Waals surface area contributed by atoms with Gasteiger partial charge in [0, 0.05) is 19.1 Å².